The van der Waals surface area contributed by atoms with Crippen LogP contribution in [0.4, 0.5) is 15.8 Å². The minimum Gasteiger partial charge on any atom is -0.301 e. The lowest BCUT2D eigenvalue weighted by atomic mass is 10.1. The van der Waals surface area contributed by atoms with Gasteiger partial charge in [-0.25, -0.2) is 4.39 Å². The normalized spacial score (nSPS) is 10.0. The smallest absolute Gasteiger partial charge is 0.125 e. The average Bonchev–Trinajstić information content (AvgIpc) is 2.37. The summed E-state index contributed by atoms with van der Waals surface area (Å²) in [4.78, 5) is 0. The van der Waals surface area contributed by atoms with Crippen LogP contribution < -0.4 is 10.9 Å². The maximum atomic E-state index is 12.9. The molecule has 0 bridgehead atoms. The quantitative estimate of drug-likeness (QED) is 0.780. The summed E-state index contributed by atoms with van der Waals surface area (Å²) in [6.07, 6.45) is 0.996. The maximum absolute atomic E-state index is 12.9. The number of benzene rings is 2. The van der Waals surface area contributed by atoms with Crippen molar-refractivity contribution in [2.75, 3.05) is 10.9 Å². The lowest BCUT2D eigenvalue weighted by Gasteiger charge is -2.10. The molecule has 2 aromatic rings. The van der Waals surface area contributed by atoms with Gasteiger partial charge in [0, 0.05) is 0 Å². The first kappa shape index (κ1) is 11.5. The van der Waals surface area contributed by atoms with Crippen LogP contribution >= 0.6 is 0 Å². The number of anilines is 2. The van der Waals surface area contributed by atoms with Crippen LogP contribution in [-0.4, -0.2) is 0 Å². The minimum absolute atomic E-state index is 0.251. The molecular weight excluding hydrogens is 215 g/mol. The van der Waals surface area contributed by atoms with Crippen molar-refractivity contribution < 1.29 is 4.39 Å². The van der Waals surface area contributed by atoms with Crippen LogP contribution in [0.25, 0.3) is 0 Å². The monoisotopic (exact) mass is 230 g/mol. The molecule has 88 valence electrons. The number of rotatable bonds is 4. The Labute approximate surface area is 100 Å². The van der Waals surface area contributed by atoms with E-state index in [9.17, 15) is 4.39 Å². The zero-order chi connectivity index (χ0) is 12.1. The number of aryl methyl sites for hydroxylation is 1. The highest BCUT2D eigenvalue weighted by atomic mass is 19.1. The fourth-order valence-electron chi connectivity index (χ4n) is 1.58. The maximum Gasteiger partial charge on any atom is 0.125 e. The van der Waals surface area contributed by atoms with Crippen LogP contribution in [-0.2, 0) is 6.42 Å². The van der Waals surface area contributed by atoms with Gasteiger partial charge in [-0.15, -0.1) is 0 Å². The summed E-state index contributed by atoms with van der Waals surface area (Å²) in [5.74, 6) is -0.251. The van der Waals surface area contributed by atoms with Gasteiger partial charge in [-0.3, -0.25) is 0 Å². The van der Waals surface area contributed by atoms with Crippen molar-refractivity contribution in [3.8, 4) is 0 Å². The van der Waals surface area contributed by atoms with Crippen molar-refractivity contribution in [3.05, 3.63) is 59.9 Å². The lowest BCUT2D eigenvalue weighted by molar-refractivity contribution is 0.628. The van der Waals surface area contributed by atoms with Gasteiger partial charge in [0.25, 0.3) is 0 Å². The zero-order valence-corrected chi connectivity index (χ0v) is 9.70. The SMILES string of the molecule is CCc1cccc(NNc2cccc(F)c2)c1. The molecule has 0 saturated heterocycles. The molecule has 2 nitrogen and oxygen atoms in total. The Morgan fingerprint density at radius 3 is 2.24 bits per heavy atom. The molecule has 2 rings (SSSR count). The number of hydrogen-bond acceptors (Lipinski definition) is 2. The first-order chi connectivity index (χ1) is 8.28. The number of nitrogens with one attached hydrogen (secondary N) is 2. The van der Waals surface area contributed by atoms with Gasteiger partial charge in [-0.1, -0.05) is 25.1 Å². The van der Waals surface area contributed by atoms with Gasteiger partial charge in [0.1, 0.15) is 5.82 Å². The van der Waals surface area contributed by atoms with Gasteiger partial charge < -0.3 is 10.9 Å². The van der Waals surface area contributed by atoms with E-state index < -0.39 is 0 Å². The fourth-order valence-corrected chi connectivity index (χ4v) is 1.58. The van der Waals surface area contributed by atoms with Gasteiger partial charge in [0.05, 0.1) is 11.4 Å². The third kappa shape index (κ3) is 3.21. The summed E-state index contributed by atoms with van der Waals surface area (Å²) >= 11 is 0. The van der Waals surface area contributed by atoms with Crippen LogP contribution in [0.1, 0.15) is 12.5 Å². The summed E-state index contributed by atoms with van der Waals surface area (Å²) in [5, 5.41) is 0. The van der Waals surface area contributed by atoms with Crippen molar-refractivity contribution >= 4 is 11.4 Å². The molecule has 0 fully saturated rings. The van der Waals surface area contributed by atoms with Crippen LogP contribution in [0, 0.1) is 5.82 Å². The van der Waals surface area contributed by atoms with E-state index >= 15 is 0 Å². The molecule has 0 amide bonds. The first-order valence-electron chi connectivity index (χ1n) is 5.64. The molecule has 0 aromatic heterocycles. The Hall–Kier alpha value is -2.03. The second kappa shape index (κ2) is 5.34. The second-order valence-electron chi connectivity index (χ2n) is 3.81. The molecule has 3 heteroatoms. The van der Waals surface area contributed by atoms with Crippen LogP contribution in [0.5, 0.6) is 0 Å². The molecule has 2 N–H and O–H groups in total. The lowest BCUT2D eigenvalue weighted by Crippen LogP contribution is -2.08. The molecule has 0 radical (unpaired) electrons. The molecule has 17 heavy (non-hydrogen) atoms. The number of hydrazine groups is 1. The molecular formula is C14H15FN2. The van der Waals surface area contributed by atoms with Gasteiger partial charge in [-0.05, 0) is 42.3 Å². The third-order valence-electron chi connectivity index (χ3n) is 2.51. The van der Waals surface area contributed by atoms with E-state index in [1.165, 1.54) is 17.7 Å². The predicted octanol–water partition coefficient (Wildman–Crippen LogP) is 3.83. The highest BCUT2D eigenvalue weighted by molar-refractivity contribution is 5.53. The Morgan fingerprint density at radius 1 is 0.941 bits per heavy atom. The van der Waals surface area contributed by atoms with E-state index in [2.05, 4.69) is 29.9 Å². The topological polar surface area (TPSA) is 24.1 Å². The van der Waals surface area contributed by atoms with Crippen molar-refractivity contribution in [1.29, 1.82) is 0 Å². The average molecular weight is 230 g/mol. The molecule has 0 aliphatic heterocycles. The van der Waals surface area contributed by atoms with Crippen molar-refractivity contribution in [2.24, 2.45) is 0 Å². The largest absolute Gasteiger partial charge is 0.301 e. The van der Waals surface area contributed by atoms with Gasteiger partial charge in [0.2, 0.25) is 0 Å². The summed E-state index contributed by atoms with van der Waals surface area (Å²) < 4.78 is 12.9. The van der Waals surface area contributed by atoms with Crippen molar-refractivity contribution in [2.45, 2.75) is 13.3 Å². The Morgan fingerprint density at radius 2 is 1.59 bits per heavy atom. The van der Waals surface area contributed by atoms with Crippen molar-refractivity contribution in [3.63, 3.8) is 0 Å². The molecule has 2 aromatic carbocycles. The zero-order valence-electron chi connectivity index (χ0n) is 9.70. The van der Waals surface area contributed by atoms with E-state index in [4.69, 9.17) is 0 Å². The van der Waals surface area contributed by atoms with Gasteiger partial charge in [0.15, 0.2) is 0 Å². The van der Waals surface area contributed by atoms with E-state index in [1.54, 1.807) is 12.1 Å². The fraction of sp³-hybridized carbons (Fsp3) is 0.143. The Bertz CT molecular complexity index is 497. The van der Waals surface area contributed by atoms with E-state index in [-0.39, 0.29) is 5.82 Å². The molecule has 0 saturated carbocycles. The standard InChI is InChI=1S/C14H15FN2/c1-2-11-5-3-7-13(9-11)16-17-14-8-4-6-12(15)10-14/h3-10,16-17H,2H2,1H3. The van der Waals surface area contributed by atoms with Gasteiger partial charge >= 0.3 is 0 Å². The number of hydrogen-bond donors (Lipinski definition) is 2. The molecule has 0 spiro atoms. The summed E-state index contributed by atoms with van der Waals surface area (Å²) in [6.45, 7) is 2.11. The minimum atomic E-state index is -0.251. The van der Waals surface area contributed by atoms with E-state index in [1.807, 2.05) is 12.1 Å². The summed E-state index contributed by atoms with van der Waals surface area (Å²) in [6, 6.07) is 14.4. The number of halogens is 1. The van der Waals surface area contributed by atoms with Crippen LogP contribution in [0.2, 0.25) is 0 Å². The molecule has 0 aliphatic rings. The van der Waals surface area contributed by atoms with E-state index in [0.717, 1.165) is 12.1 Å². The first-order valence-corrected chi connectivity index (χ1v) is 5.64. The summed E-state index contributed by atoms with van der Waals surface area (Å²) in [5.41, 5.74) is 8.94. The van der Waals surface area contributed by atoms with Crippen LogP contribution in [0.15, 0.2) is 48.5 Å². The Balaban J connectivity index is 2.02. The van der Waals surface area contributed by atoms with Crippen molar-refractivity contribution in [1.82, 2.24) is 0 Å². The highest BCUT2D eigenvalue weighted by Crippen LogP contribution is 2.13. The third-order valence-corrected chi connectivity index (χ3v) is 2.51. The van der Waals surface area contributed by atoms with E-state index in [0.29, 0.717) is 5.69 Å². The Kier molecular flexibility index (Phi) is 3.60. The molecule has 0 heterocycles. The van der Waals surface area contributed by atoms with Crippen LogP contribution in [0.3, 0.4) is 0 Å². The predicted molar refractivity (Wildman–Crippen MR) is 69.5 cm³/mol. The second-order valence-corrected chi connectivity index (χ2v) is 3.81. The van der Waals surface area contributed by atoms with Gasteiger partial charge in [-0.2, -0.15) is 0 Å². The summed E-state index contributed by atoms with van der Waals surface area (Å²) in [7, 11) is 0. The highest BCUT2D eigenvalue weighted by Gasteiger charge is 1.95. The molecule has 0 atom stereocenters. The molecule has 0 aliphatic carbocycles. The molecule has 0 unspecified atom stereocenters.